The molecule has 0 bridgehead atoms. The smallest absolute Gasteiger partial charge is 0.408 e. The second-order valence-corrected chi connectivity index (χ2v) is 7.36. The molecule has 1 heterocycles. The number of nitrogens with zero attached hydrogens (tertiary/aromatic N) is 4. The molecule has 3 rings (SSSR count). The fourth-order valence-corrected chi connectivity index (χ4v) is 3.02. The first-order chi connectivity index (χ1) is 15.4. The third kappa shape index (κ3) is 5.65. The van der Waals surface area contributed by atoms with E-state index in [4.69, 9.17) is 4.74 Å². The quantitative estimate of drug-likeness (QED) is 0.555. The molecular weight excluding hydrogens is 415 g/mol. The minimum atomic E-state index is -0.916. The Morgan fingerprint density at radius 2 is 1.94 bits per heavy atom. The molecule has 9 nitrogen and oxygen atoms in total. The maximum absolute atomic E-state index is 14.4. The van der Waals surface area contributed by atoms with Gasteiger partial charge in [0.25, 0.3) is 0 Å². The zero-order chi connectivity index (χ0) is 23.1. The normalized spacial score (nSPS) is 12.6. The second-order valence-electron chi connectivity index (χ2n) is 7.36. The molecule has 0 spiro atoms. The highest BCUT2D eigenvalue weighted by atomic mass is 19.1. The largest absolute Gasteiger partial charge is 0.445 e. The van der Waals surface area contributed by atoms with Gasteiger partial charge in [0, 0.05) is 0 Å². The number of amides is 2. The monoisotopic (exact) mass is 440 g/mol. The molecule has 32 heavy (non-hydrogen) atoms. The van der Waals surface area contributed by atoms with Gasteiger partial charge in [0.1, 0.15) is 18.5 Å². The van der Waals surface area contributed by atoms with Gasteiger partial charge in [0.2, 0.25) is 5.91 Å². The van der Waals surface area contributed by atoms with Crippen LogP contribution in [-0.2, 0) is 16.1 Å². The highest BCUT2D eigenvalue weighted by molar-refractivity contribution is 5.97. The summed E-state index contributed by atoms with van der Waals surface area (Å²) in [6.45, 7) is 5.48. The van der Waals surface area contributed by atoms with Crippen molar-refractivity contribution in [2.24, 2.45) is 5.92 Å². The van der Waals surface area contributed by atoms with Crippen LogP contribution in [0.15, 0.2) is 48.5 Å². The number of alkyl carbamates (subject to hydrolysis) is 1. The fourth-order valence-electron chi connectivity index (χ4n) is 3.02. The molecule has 0 aliphatic rings. The van der Waals surface area contributed by atoms with Gasteiger partial charge in [-0.1, -0.05) is 50.6 Å². The Balaban J connectivity index is 1.71. The van der Waals surface area contributed by atoms with Crippen molar-refractivity contribution in [3.63, 3.8) is 0 Å². The highest BCUT2D eigenvalue weighted by Gasteiger charge is 2.27. The number of aromatic nitrogens is 4. The minimum Gasteiger partial charge on any atom is -0.445 e. The summed E-state index contributed by atoms with van der Waals surface area (Å²) in [7, 11) is 0. The third-order valence-electron chi connectivity index (χ3n) is 5.06. The summed E-state index contributed by atoms with van der Waals surface area (Å²) in [6, 6.07) is 12.4. The Labute approximate surface area is 185 Å². The van der Waals surface area contributed by atoms with Gasteiger partial charge in [-0.2, -0.15) is 4.68 Å². The number of carbonyl (C=O) groups is 2. The van der Waals surface area contributed by atoms with Crippen molar-refractivity contribution in [1.82, 2.24) is 25.5 Å². The number of halogens is 1. The number of benzene rings is 2. The van der Waals surface area contributed by atoms with Crippen LogP contribution in [-0.4, -0.2) is 38.2 Å². The van der Waals surface area contributed by atoms with Crippen LogP contribution in [0.1, 0.15) is 31.7 Å². The summed E-state index contributed by atoms with van der Waals surface area (Å²) in [4.78, 5) is 25.2. The van der Waals surface area contributed by atoms with Gasteiger partial charge in [-0.15, -0.1) is 5.10 Å². The molecule has 2 aromatic carbocycles. The molecule has 0 aliphatic heterocycles. The molecule has 0 saturated heterocycles. The van der Waals surface area contributed by atoms with Crippen molar-refractivity contribution < 1.29 is 18.7 Å². The van der Waals surface area contributed by atoms with Crippen molar-refractivity contribution >= 4 is 17.7 Å². The number of ether oxygens (including phenoxy) is 1. The summed E-state index contributed by atoms with van der Waals surface area (Å²) in [6.07, 6.45) is -0.114. The SMILES string of the molecule is CC[C@H](C)[C@H](NC(=O)OCc1ccccc1)C(=O)Nc1cc(-n2nnnc2C)ccc1F. The Hall–Kier alpha value is -3.82. The van der Waals surface area contributed by atoms with Gasteiger partial charge < -0.3 is 15.4 Å². The topological polar surface area (TPSA) is 111 Å². The highest BCUT2D eigenvalue weighted by Crippen LogP contribution is 2.20. The molecule has 0 saturated carbocycles. The molecule has 168 valence electrons. The van der Waals surface area contributed by atoms with Crippen LogP contribution < -0.4 is 10.6 Å². The van der Waals surface area contributed by atoms with Crippen molar-refractivity contribution in [3.8, 4) is 5.69 Å². The van der Waals surface area contributed by atoms with Crippen molar-refractivity contribution in [3.05, 3.63) is 65.7 Å². The third-order valence-corrected chi connectivity index (χ3v) is 5.06. The summed E-state index contributed by atoms with van der Waals surface area (Å²) < 4.78 is 21.0. The van der Waals surface area contributed by atoms with E-state index in [0.717, 1.165) is 5.56 Å². The molecule has 2 atom stereocenters. The maximum Gasteiger partial charge on any atom is 0.408 e. The predicted molar refractivity (Wildman–Crippen MR) is 115 cm³/mol. The van der Waals surface area contributed by atoms with Crippen LogP contribution >= 0.6 is 0 Å². The molecule has 0 unspecified atom stereocenters. The molecule has 0 aliphatic carbocycles. The number of tetrazole rings is 1. The number of anilines is 1. The van der Waals surface area contributed by atoms with E-state index in [-0.39, 0.29) is 18.2 Å². The first-order valence-electron chi connectivity index (χ1n) is 10.2. The molecule has 3 aromatic rings. The molecule has 0 fully saturated rings. The summed E-state index contributed by atoms with van der Waals surface area (Å²) in [5, 5.41) is 16.4. The number of rotatable bonds is 8. The second kappa shape index (κ2) is 10.5. The number of aryl methyl sites for hydroxylation is 1. The lowest BCUT2D eigenvalue weighted by Gasteiger charge is -2.23. The van der Waals surface area contributed by atoms with E-state index in [1.54, 1.807) is 6.92 Å². The Morgan fingerprint density at radius 3 is 2.59 bits per heavy atom. The van der Waals surface area contributed by atoms with Crippen LogP contribution in [0.4, 0.5) is 14.9 Å². The standard InChI is InChI=1S/C22H25FN6O3/c1-4-14(2)20(25-22(31)32-13-16-8-6-5-7-9-16)21(30)24-19-12-17(10-11-18(19)23)29-15(3)26-27-28-29/h5-12,14,20H,4,13H2,1-3H3,(H,24,30)(H,25,31)/t14-,20-/m0/s1. The average molecular weight is 440 g/mol. The van der Waals surface area contributed by atoms with E-state index in [9.17, 15) is 14.0 Å². The lowest BCUT2D eigenvalue weighted by molar-refractivity contribution is -0.119. The van der Waals surface area contributed by atoms with Gasteiger partial charge in [0.05, 0.1) is 11.4 Å². The minimum absolute atomic E-state index is 0.0462. The molecule has 2 amide bonds. The van der Waals surface area contributed by atoms with E-state index in [1.807, 2.05) is 44.2 Å². The Bertz CT molecular complexity index is 1070. The van der Waals surface area contributed by atoms with Gasteiger partial charge >= 0.3 is 6.09 Å². The predicted octanol–water partition coefficient (Wildman–Crippen LogP) is 3.39. The summed E-state index contributed by atoms with van der Waals surface area (Å²) >= 11 is 0. The Kier molecular flexibility index (Phi) is 7.48. The van der Waals surface area contributed by atoms with Crippen molar-refractivity contribution in [2.75, 3.05) is 5.32 Å². The van der Waals surface area contributed by atoms with E-state index < -0.39 is 23.9 Å². The van der Waals surface area contributed by atoms with Gasteiger partial charge in [0.15, 0.2) is 5.82 Å². The van der Waals surface area contributed by atoms with E-state index in [1.165, 1.54) is 22.9 Å². The summed E-state index contributed by atoms with van der Waals surface area (Å²) in [5.41, 5.74) is 1.26. The van der Waals surface area contributed by atoms with Crippen molar-refractivity contribution in [2.45, 2.75) is 39.8 Å². The van der Waals surface area contributed by atoms with E-state index in [2.05, 4.69) is 26.2 Å². The molecular formula is C22H25FN6O3. The number of hydrogen-bond acceptors (Lipinski definition) is 6. The van der Waals surface area contributed by atoms with Crippen LogP contribution in [0, 0.1) is 18.7 Å². The average Bonchev–Trinajstić information content (AvgIpc) is 3.23. The molecule has 2 N–H and O–H groups in total. The van der Waals surface area contributed by atoms with Crippen LogP contribution in [0.2, 0.25) is 0 Å². The van der Waals surface area contributed by atoms with E-state index in [0.29, 0.717) is 17.9 Å². The Morgan fingerprint density at radius 1 is 1.19 bits per heavy atom. The van der Waals surface area contributed by atoms with Gasteiger partial charge in [-0.25, -0.2) is 9.18 Å². The van der Waals surface area contributed by atoms with Crippen molar-refractivity contribution in [1.29, 1.82) is 0 Å². The fraction of sp³-hybridized carbons (Fsp3) is 0.318. The van der Waals surface area contributed by atoms with Gasteiger partial charge in [-0.05, 0) is 47.0 Å². The maximum atomic E-state index is 14.4. The van der Waals surface area contributed by atoms with Crippen LogP contribution in [0.3, 0.4) is 0 Å². The van der Waals surface area contributed by atoms with E-state index >= 15 is 0 Å². The molecule has 10 heteroatoms. The molecule has 0 radical (unpaired) electrons. The van der Waals surface area contributed by atoms with Crippen LogP contribution in [0.25, 0.3) is 5.69 Å². The zero-order valence-electron chi connectivity index (χ0n) is 18.1. The first kappa shape index (κ1) is 22.9. The van der Waals surface area contributed by atoms with Gasteiger partial charge in [-0.3, -0.25) is 4.79 Å². The lowest BCUT2D eigenvalue weighted by Crippen LogP contribution is -2.48. The number of hydrogen-bond donors (Lipinski definition) is 2. The molecule has 1 aromatic heterocycles. The lowest BCUT2D eigenvalue weighted by atomic mass is 9.98. The number of carbonyl (C=O) groups excluding carboxylic acids is 2. The van der Waals surface area contributed by atoms with Crippen LogP contribution in [0.5, 0.6) is 0 Å². The first-order valence-corrected chi connectivity index (χ1v) is 10.2. The number of nitrogens with one attached hydrogen (secondary N) is 2. The zero-order valence-corrected chi connectivity index (χ0v) is 18.1. The summed E-state index contributed by atoms with van der Waals surface area (Å²) in [5.74, 6) is -0.885.